The third kappa shape index (κ3) is 2.93. The van der Waals surface area contributed by atoms with Crippen LogP contribution in [0, 0.1) is 0 Å². The predicted octanol–water partition coefficient (Wildman–Crippen LogP) is 1.18. The molecular weight excluding hydrogens is 280 g/mol. The smallest absolute Gasteiger partial charge is 0.163 e. The second kappa shape index (κ2) is 6.37. The number of hydrogen-bond acceptors (Lipinski definition) is 6. The van der Waals surface area contributed by atoms with Crippen LogP contribution in [0.3, 0.4) is 0 Å². The van der Waals surface area contributed by atoms with Crippen LogP contribution in [-0.4, -0.2) is 43.9 Å². The van der Waals surface area contributed by atoms with E-state index in [9.17, 15) is 10.2 Å². The van der Waals surface area contributed by atoms with E-state index in [-0.39, 0.29) is 6.61 Å². The van der Waals surface area contributed by atoms with Gasteiger partial charge in [0, 0.05) is 29.2 Å². The van der Waals surface area contributed by atoms with E-state index in [1.807, 2.05) is 12.1 Å². The van der Waals surface area contributed by atoms with Crippen LogP contribution in [0.2, 0.25) is 0 Å². The van der Waals surface area contributed by atoms with Gasteiger partial charge in [0.05, 0.1) is 18.8 Å². The number of nitrogens with one attached hydrogen (secondary N) is 1. The van der Waals surface area contributed by atoms with Crippen LogP contribution in [0.5, 0.6) is 0 Å². The zero-order chi connectivity index (χ0) is 15.5. The van der Waals surface area contributed by atoms with Crippen LogP contribution in [0.4, 0.5) is 5.82 Å². The molecule has 0 saturated heterocycles. The van der Waals surface area contributed by atoms with Crippen molar-refractivity contribution < 1.29 is 10.2 Å². The van der Waals surface area contributed by atoms with Crippen LogP contribution >= 0.6 is 0 Å². The molecule has 0 saturated carbocycles. The lowest BCUT2D eigenvalue weighted by Crippen LogP contribution is -2.35. The van der Waals surface area contributed by atoms with Crippen molar-refractivity contribution in [1.29, 1.82) is 0 Å². The van der Waals surface area contributed by atoms with Gasteiger partial charge in [0.25, 0.3) is 0 Å². The van der Waals surface area contributed by atoms with E-state index in [0.29, 0.717) is 11.6 Å². The highest BCUT2D eigenvalue weighted by molar-refractivity contribution is 5.60. The van der Waals surface area contributed by atoms with Crippen molar-refractivity contribution in [2.75, 3.05) is 11.9 Å². The molecule has 3 N–H and O–H groups in total. The average Bonchev–Trinajstić information content (AvgIpc) is 3.01. The Kier molecular flexibility index (Phi) is 4.31. The van der Waals surface area contributed by atoms with Gasteiger partial charge in [-0.2, -0.15) is 0 Å². The number of aromatic nitrogens is 3. The molecule has 0 radical (unpaired) electrons. The summed E-state index contributed by atoms with van der Waals surface area (Å²) in [5, 5.41) is 22.3. The lowest BCUT2D eigenvalue weighted by atomic mass is 10.1. The fourth-order valence-electron chi connectivity index (χ4n) is 2.67. The van der Waals surface area contributed by atoms with Gasteiger partial charge in [0.1, 0.15) is 5.82 Å². The summed E-state index contributed by atoms with van der Waals surface area (Å²) in [7, 11) is 0. The van der Waals surface area contributed by atoms with E-state index in [1.54, 1.807) is 19.3 Å². The second-order valence-corrected chi connectivity index (χ2v) is 5.59. The number of aliphatic hydroxyl groups is 2. The van der Waals surface area contributed by atoms with Gasteiger partial charge >= 0.3 is 0 Å². The summed E-state index contributed by atoms with van der Waals surface area (Å²) in [6.07, 6.45) is 5.68. The number of rotatable bonds is 5. The van der Waals surface area contributed by atoms with Crippen molar-refractivity contribution in [2.24, 2.45) is 0 Å². The molecule has 3 rings (SSSR count). The van der Waals surface area contributed by atoms with Crippen LogP contribution in [0.15, 0.2) is 24.5 Å². The number of fused-ring (bicyclic) bond motifs is 1. The first kappa shape index (κ1) is 14.9. The minimum absolute atomic E-state index is 0.154. The molecule has 116 valence electrons. The molecule has 0 fully saturated rings. The number of anilines is 1. The molecule has 2 heterocycles. The maximum absolute atomic E-state index is 9.73. The Labute approximate surface area is 129 Å². The van der Waals surface area contributed by atoms with Crippen molar-refractivity contribution in [3.63, 3.8) is 0 Å². The number of pyridine rings is 1. The maximum Gasteiger partial charge on any atom is 0.163 e. The van der Waals surface area contributed by atoms with Crippen LogP contribution in [0.25, 0.3) is 11.4 Å². The van der Waals surface area contributed by atoms with Gasteiger partial charge in [-0.25, -0.2) is 9.97 Å². The molecule has 22 heavy (non-hydrogen) atoms. The van der Waals surface area contributed by atoms with E-state index in [4.69, 9.17) is 0 Å². The lowest BCUT2D eigenvalue weighted by Gasteiger charge is -2.21. The number of aryl methyl sites for hydroxylation is 1. The monoisotopic (exact) mass is 300 g/mol. The van der Waals surface area contributed by atoms with E-state index in [0.717, 1.165) is 36.1 Å². The first-order valence-corrected chi connectivity index (χ1v) is 7.54. The quantitative estimate of drug-likeness (QED) is 0.768. The van der Waals surface area contributed by atoms with E-state index in [2.05, 4.69) is 20.3 Å². The average molecular weight is 300 g/mol. The Morgan fingerprint density at radius 3 is 2.86 bits per heavy atom. The number of nitrogens with zero attached hydrogens (tertiary/aromatic N) is 3. The van der Waals surface area contributed by atoms with Gasteiger partial charge in [0.15, 0.2) is 5.82 Å². The molecule has 0 bridgehead atoms. The van der Waals surface area contributed by atoms with Crippen molar-refractivity contribution in [3.8, 4) is 11.4 Å². The fourth-order valence-corrected chi connectivity index (χ4v) is 2.67. The van der Waals surface area contributed by atoms with Crippen molar-refractivity contribution in [2.45, 2.75) is 38.3 Å². The van der Waals surface area contributed by atoms with Crippen LogP contribution in [0.1, 0.15) is 24.6 Å². The number of hydrogen-bond donors (Lipinski definition) is 3. The van der Waals surface area contributed by atoms with Crippen LogP contribution in [-0.2, 0) is 12.8 Å². The molecule has 2 aromatic heterocycles. The van der Waals surface area contributed by atoms with E-state index in [1.165, 1.54) is 0 Å². The normalized spacial score (nSPS) is 16.1. The zero-order valence-corrected chi connectivity index (χ0v) is 12.5. The Hall–Kier alpha value is -2.05. The third-order valence-corrected chi connectivity index (χ3v) is 3.95. The van der Waals surface area contributed by atoms with Gasteiger partial charge in [0.2, 0.25) is 0 Å². The third-order valence-electron chi connectivity index (χ3n) is 3.95. The number of aliphatic hydroxyl groups excluding tert-OH is 2. The van der Waals surface area contributed by atoms with E-state index < -0.39 is 12.1 Å². The van der Waals surface area contributed by atoms with Gasteiger partial charge < -0.3 is 15.5 Å². The van der Waals surface area contributed by atoms with Gasteiger partial charge in [-0.1, -0.05) is 0 Å². The summed E-state index contributed by atoms with van der Waals surface area (Å²) in [4.78, 5) is 13.4. The summed E-state index contributed by atoms with van der Waals surface area (Å²) in [5.41, 5.74) is 2.99. The summed E-state index contributed by atoms with van der Waals surface area (Å²) in [6.45, 7) is 1.50. The summed E-state index contributed by atoms with van der Waals surface area (Å²) in [5.74, 6) is 1.33. The molecule has 6 heteroatoms. The van der Waals surface area contributed by atoms with Crippen LogP contribution < -0.4 is 5.32 Å². The molecule has 0 spiro atoms. The highest BCUT2D eigenvalue weighted by atomic mass is 16.3. The Balaban J connectivity index is 2.00. The SMILES string of the molecule is C[C@@H](O)[C@H](CO)Nc1nc(-c2cccnc2)nc2c1CCC2. The molecule has 0 aromatic carbocycles. The molecule has 2 atom stereocenters. The van der Waals surface area contributed by atoms with Gasteiger partial charge in [-0.05, 0) is 38.3 Å². The molecule has 0 aliphatic heterocycles. The standard InChI is InChI=1S/C16H20N4O2/c1-10(22)14(9-21)19-16-12-5-2-6-13(12)18-15(20-16)11-4-3-7-17-8-11/h3-4,7-8,10,14,21-22H,2,5-6,9H2,1H3,(H,18,19,20)/t10-,14+/m1/s1. The Morgan fingerprint density at radius 1 is 1.32 bits per heavy atom. The van der Waals surface area contributed by atoms with Crippen molar-refractivity contribution in [3.05, 3.63) is 35.8 Å². The molecule has 6 nitrogen and oxygen atoms in total. The highest BCUT2D eigenvalue weighted by Crippen LogP contribution is 2.29. The minimum Gasteiger partial charge on any atom is -0.394 e. The largest absolute Gasteiger partial charge is 0.394 e. The molecular formula is C16H20N4O2. The molecule has 1 aliphatic carbocycles. The Morgan fingerprint density at radius 2 is 2.18 bits per heavy atom. The minimum atomic E-state index is -0.668. The highest BCUT2D eigenvalue weighted by Gasteiger charge is 2.23. The molecule has 1 aliphatic rings. The molecule has 0 amide bonds. The summed E-state index contributed by atoms with van der Waals surface area (Å²) in [6, 6.07) is 3.33. The van der Waals surface area contributed by atoms with Gasteiger partial charge in [-0.3, -0.25) is 4.98 Å². The lowest BCUT2D eigenvalue weighted by molar-refractivity contribution is 0.132. The predicted molar refractivity (Wildman–Crippen MR) is 83.5 cm³/mol. The maximum atomic E-state index is 9.73. The Bertz CT molecular complexity index is 646. The zero-order valence-electron chi connectivity index (χ0n) is 12.5. The van der Waals surface area contributed by atoms with E-state index >= 15 is 0 Å². The molecule has 0 unspecified atom stereocenters. The topological polar surface area (TPSA) is 91.2 Å². The summed E-state index contributed by atoms with van der Waals surface area (Å²) < 4.78 is 0. The first-order valence-electron chi connectivity index (χ1n) is 7.54. The summed E-state index contributed by atoms with van der Waals surface area (Å²) >= 11 is 0. The van der Waals surface area contributed by atoms with Gasteiger partial charge in [-0.15, -0.1) is 0 Å². The molecule has 2 aromatic rings. The van der Waals surface area contributed by atoms with Crippen molar-refractivity contribution in [1.82, 2.24) is 15.0 Å². The first-order chi connectivity index (χ1) is 10.7. The fraction of sp³-hybridized carbons (Fsp3) is 0.438. The van der Waals surface area contributed by atoms with Crippen molar-refractivity contribution >= 4 is 5.82 Å². The second-order valence-electron chi connectivity index (χ2n) is 5.59.